The van der Waals surface area contributed by atoms with E-state index in [-0.39, 0.29) is 5.82 Å². The SMILES string of the molecule is Nc1nn2c(-c3cc4cc(Br)ccc4oc3=O)ccnc2c1N=Nc1cccc(Br)c1. The molecule has 0 aliphatic heterocycles. The largest absolute Gasteiger partial charge is 0.422 e. The van der Waals surface area contributed by atoms with Gasteiger partial charge in [0.25, 0.3) is 0 Å². The van der Waals surface area contributed by atoms with Crippen molar-refractivity contribution >= 4 is 65.7 Å². The third-order valence-electron chi connectivity index (χ3n) is 4.56. The van der Waals surface area contributed by atoms with Gasteiger partial charge in [-0.3, -0.25) is 0 Å². The summed E-state index contributed by atoms with van der Waals surface area (Å²) in [5.41, 5.74) is 8.25. The Morgan fingerprint density at radius 2 is 1.84 bits per heavy atom. The molecule has 8 nitrogen and oxygen atoms in total. The van der Waals surface area contributed by atoms with Crippen molar-refractivity contribution in [3.8, 4) is 11.3 Å². The number of nitrogens with two attached hydrogens (primary N) is 1. The maximum Gasteiger partial charge on any atom is 0.345 e. The smallest absolute Gasteiger partial charge is 0.345 e. The van der Waals surface area contributed by atoms with Crippen molar-refractivity contribution < 1.29 is 4.42 Å². The number of anilines is 1. The quantitative estimate of drug-likeness (QED) is 0.222. The van der Waals surface area contributed by atoms with Crippen LogP contribution in [-0.4, -0.2) is 14.6 Å². The highest BCUT2D eigenvalue weighted by atomic mass is 79.9. The Morgan fingerprint density at radius 1 is 1.00 bits per heavy atom. The summed E-state index contributed by atoms with van der Waals surface area (Å²) >= 11 is 6.84. The molecule has 0 saturated heterocycles. The van der Waals surface area contributed by atoms with Crippen molar-refractivity contribution in [1.29, 1.82) is 0 Å². The predicted molar refractivity (Wildman–Crippen MR) is 125 cm³/mol. The van der Waals surface area contributed by atoms with Gasteiger partial charge in [-0.2, -0.15) is 5.11 Å². The van der Waals surface area contributed by atoms with Gasteiger partial charge in [0.1, 0.15) is 5.58 Å². The molecular weight excluding hydrogens is 528 g/mol. The van der Waals surface area contributed by atoms with Crippen LogP contribution in [0.1, 0.15) is 0 Å². The summed E-state index contributed by atoms with van der Waals surface area (Å²) in [6, 6.07) is 16.2. The van der Waals surface area contributed by atoms with Crippen LogP contribution in [0, 0.1) is 0 Å². The summed E-state index contributed by atoms with van der Waals surface area (Å²) in [4.78, 5) is 17.0. The topological polar surface area (TPSA) is 111 Å². The minimum Gasteiger partial charge on any atom is -0.422 e. The van der Waals surface area contributed by atoms with Gasteiger partial charge in [-0.25, -0.2) is 14.3 Å². The average Bonchev–Trinajstić information content (AvgIpc) is 3.07. The molecule has 0 bridgehead atoms. The van der Waals surface area contributed by atoms with E-state index in [1.807, 2.05) is 36.4 Å². The van der Waals surface area contributed by atoms with Gasteiger partial charge in [0, 0.05) is 20.5 Å². The first-order valence-electron chi connectivity index (χ1n) is 9.04. The number of hydrogen-bond donors (Lipinski definition) is 1. The fourth-order valence-corrected chi connectivity index (χ4v) is 3.93. The molecule has 10 heteroatoms. The molecule has 2 N–H and O–H groups in total. The molecule has 0 unspecified atom stereocenters. The van der Waals surface area contributed by atoms with Gasteiger partial charge < -0.3 is 10.2 Å². The molecule has 0 fully saturated rings. The maximum absolute atomic E-state index is 12.7. The molecular formula is C21H12Br2N6O2. The molecule has 31 heavy (non-hydrogen) atoms. The van der Waals surface area contributed by atoms with Crippen molar-refractivity contribution in [3.63, 3.8) is 0 Å². The Hall–Kier alpha value is -3.37. The Labute approximate surface area is 191 Å². The lowest BCUT2D eigenvalue weighted by Gasteiger charge is -2.05. The zero-order valence-electron chi connectivity index (χ0n) is 15.7. The number of aromatic nitrogens is 3. The van der Waals surface area contributed by atoms with Crippen LogP contribution in [0.2, 0.25) is 0 Å². The van der Waals surface area contributed by atoms with Crippen LogP contribution in [0.5, 0.6) is 0 Å². The van der Waals surface area contributed by atoms with Crippen LogP contribution in [0.15, 0.2) is 89.2 Å². The molecule has 5 aromatic rings. The van der Waals surface area contributed by atoms with E-state index in [9.17, 15) is 4.79 Å². The molecule has 0 aliphatic carbocycles. The normalized spacial score (nSPS) is 11.7. The van der Waals surface area contributed by atoms with E-state index in [2.05, 4.69) is 52.2 Å². The van der Waals surface area contributed by atoms with Crippen molar-refractivity contribution in [2.45, 2.75) is 0 Å². The van der Waals surface area contributed by atoms with Crippen molar-refractivity contribution in [3.05, 3.63) is 80.2 Å². The van der Waals surface area contributed by atoms with Crippen LogP contribution in [-0.2, 0) is 0 Å². The number of hydrogen-bond acceptors (Lipinski definition) is 7. The zero-order valence-corrected chi connectivity index (χ0v) is 18.8. The Bertz CT molecular complexity index is 1560. The molecule has 3 heterocycles. The number of benzene rings is 2. The van der Waals surface area contributed by atoms with E-state index >= 15 is 0 Å². The van der Waals surface area contributed by atoms with Crippen molar-refractivity contribution in [1.82, 2.24) is 14.6 Å². The minimum atomic E-state index is -0.492. The first-order chi connectivity index (χ1) is 15.0. The standard InChI is InChI=1S/C21H12Br2N6O2/c22-12-2-1-3-14(10-12)26-27-18-19(24)28-29-16(6-7-25-20(18)29)15-9-11-8-13(23)4-5-17(11)31-21(15)30/h1-10H,(H2,24,28). The van der Waals surface area contributed by atoms with E-state index in [0.29, 0.717) is 33.9 Å². The van der Waals surface area contributed by atoms with Gasteiger partial charge in [0.05, 0.1) is 16.9 Å². The van der Waals surface area contributed by atoms with Crippen LogP contribution in [0.4, 0.5) is 17.2 Å². The van der Waals surface area contributed by atoms with Crippen molar-refractivity contribution in [2.24, 2.45) is 10.2 Å². The maximum atomic E-state index is 12.7. The Balaban J connectivity index is 1.67. The first-order valence-corrected chi connectivity index (χ1v) is 10.6. The number of halogens is 2. The van der Waals surface area contributed by atoms with Gasteiger partial charge in [-0.15, -0.1) is 10.2 Å². The number of azo groups is 1. The summed E-state index contributed by atoms with van der Waals surface area (Å²) in [5, 5.41) is 13.6. The highest BCUT2D eigenvalue weighted by Crippen LogP contribution is 2.31. The third kappa shape index (κ3) is 3.64. The number of rotatable bonds is 3. The van der Waals surface area contributed by atoms with Gasteiger partial charge in [0.2, 0.25) is 0 Å². The monoisotopic (exact) mass is 538 g/mol. The summed E-state index contributed by atoms with van der Waals surface area (Å²) in [5.74, 6) is 0.145. The molecule has 3 aromatic heterocycles. The summed E-state index contributed by atoms with van der Waals surface area (Å²) in [7, 11) is 0. The van der Waals surface area contributed by atoms with Crippen molar-refractivity contribution in [2.75, 3.05) is 5.73 Å². The van der Waals surface area contributed by atoms with Crippen LogP contribution < -0.4 is 11.4 Å². The highest BCUT2D eigenvalue weighted by molar-refractivity contribution is 9.10. The van der Waals surface area contributed by atoms with E-state index in [4.69, 9.17) is 10.2 Å². The van der Waals surface area contributed by atoms with Gasteiger partial charge in [-0.05, 0) is 48.5 Å². The second-order valence-corrected chi connectivity index (χ2v) is 8.44. The zero-order chi connectivity index (χ0) is 21.5. The molecule has 0 amide bonds. The number of nitrogen functional groups attached to an aromatic ring is 1. The second-order valence-electron chi connectivity index (χ2n) is 6.61. The van der Waals surface area contributed by atoms with Gasteiger partial charge in [0.15, 0.2) is 17.2 Å². The lowest BCUT2D eigenvalue weighted by Crippen LogP contribution is -2.07. The third-order valence-corrected chi connectivity index (χ3v) is 5.55. The lowest BCUT2D eigenvalue weighted by molar-refractivity contribution is 0.562. The van der Waals surface area contributed by atoms with Crippen LogP contribution in [0.25, 0.3) is 27.9 Å². The Kier molecular flexibility index (Phi) is 4.87. The fraction of sp³-hybridized carbons (Fsp3) is 0. The molecule has 0 saturated carbocycles. The fourth-order valence-electron chi connectivity index (χ4n) is 3.17. The summed E-state index contributed by atoms with van der Waals surface area (Å²) in [6.07, 6.45) is 1.56. The highest BCUT2D eigenvalue weighted by Gasteiger charge is 2.17. The summed E-state index contributed by atoms with van der Waals surface area (Å²) < 4.78 is 8.72. The van der Waals surface area contributed by atoms with E-state index < -0.39 is 5.63 Å². The molecule has 152 valence electrons. The molecule has 0 spiro atoms. The molecule has 0 radical (unpaired) electrons. The lowest BCUT2D eigenvalue weighted by atomic mass is 10.1. The molecule has 2 aromatic carbocycles. The minimum absolute atomic E-state index is 0.145. The Morgan fingerprint density at radius 3 is 2.68 bits per heavy atom. The van der Waals surface area contributed by atoms with E-state index in [1.54, 1.807) is 24.4 Å². The number of fused-ring (bicyclic) bond motifs is 2. The molecule has 0 atom stereocenters. The van der Waals surface area contributed by atoms with Crippen LogP contribution in [0.3, 0.4) is 0 Å². The van der Waals surface area contributed by atoms with Gasteiger partial charge >= 0.3 is 5.63 Å². The molecule has 0 aliphatic rings. The van der Waals surface area contributed by atoms with Crippen LogP contribution >= 0.6 is 31.9 Å². The second kappa shape index (κ2) is 7.71. The summed E-state index contributed by atoms with van der Waals surface area (Å²) in [6.45, 7) is 0. The number of nitrogens with zero attached hydrogens (tertiary/aromatic N) is 5. The predicted octanol–water partition coefficient (Wildman–Crippen LogP) is 6.03. The van der Waals surface area contributed by atoms with E-state index in [0.717, 1.165) is 14.3 Å². The van der Waals surface area contributed by atoms with Gasteiger partial charge in [-0.1, -0.05) is 37.9 Å². The first kappa shape index (κ1) is 19.6. The van der Waals surface area contributed by atoms with E-state index in [1.165, 1.54) is 4.52 Å². The average molecular weight is 540 g/mol. The molecule has 5 rings (SSSR count).